The van der Waals surface area contributed by atoms with E-state index in [1.807, 2.05) is 6.26 Å². The van der Waals surface area contributed by atoms with Crippen LogP contribution in [0.5, 0.6) is 0 Å². The van der Waals surface area contributed by atoms with Crippen LogP contribution in [0.3, 0.4) is 0 Å². The van der Waals surface area contributed by atoms with Crippen LogP contribution >= 0.6 is 27.7 Å². The number of nitrogens with one attached hydrogen (secondary N) is 2. The molecule has 0 aliphatic carbocycles. The Hall–Kier alpha value is -1.21. The molecule has 0 saturated heterocycles. The molecule has 5 nitrogen and oxygen atoms in total. The van der Waals surface area contributed by atoms with Gasteiger partial charge in [0.1, 0.15) is 0 Å². The van der Waals surface area contributed by atoms with Crippen LogP contribution in [-0.4, -0.2) is 35.7 Å². The molecule has 1 atom stereocenters. The first-order chi connectivity index (χ1) is 9.42. The van der Waals surface area contributed by atoms with Crippen molar-refractivity contribution in [3.63, 3.8) is 0 Å². The van der Waals surface area contributed by atoms with Crippen molar-refractivity contribution in [1.82, 2.24) is 5.32 Å². The topological polar surface area (TPSA) is 78.4 Å². The molecule has 0 saturated carbocycles. The van der Waals surface area contributed by atoms with Gasteiger partial charge in [0, 0.05) is 16.7 Å². The minimum absolute atomic E-state index is 0.116. The maximum atomic E-state index is 11.7. The number of carboxylic acids is 1. The summed E-state index contributed by atoms with van der Waals surface area (Å²) in [5.74, 6) is 0.316. The molecular formula is C13H17BrN2O3S. The summed E-state index contributed by atoms with van der Waals surface area (Å²) in [6.07, 6.45) is 2.02. The molecule has 1 aromatic rings. The molecule has 0 radical (unpaired) electrons. The molecule has 1 unspecified atom stereocenters. The average molecular weight is 361 g/mol. The first-order valence-corrected chi connectivity index (χ1v) is 8.18. The fourth-order valence-corrected chi connectivity index (χ4v) is 2.75. The van der Waals surface area contributed by atoms with Crippen LogP contribution in [0.1, 0.15) is 17.3 Å². The molecule has 0 heterocycles. The van der Waals surface area contributed by atoms with Gasteiger partial charge in [-0.25, -0.2) is 9.59 Å². The van der Waals surface area contributed by atoms with Crippen LogP contribution in [0, 0.1) is 5.92 Å². The highest BCUT2D eigenvalue weighted by Gasteiger charge is 2.09. The van der Waals surface area contributed by atoms with Crippen LogP contribution in [0.2, 0.25) is 0 Å². The third-order valence-corrected chi connectivity index (χ3v) is 3.83. The Labute approximate surface area is 130 Å². The van der Waals surface area contributed by atoms with Crippen LogP contribution in [0.4, 0.5) is 10.5 Å². The normalized spacial score (nSPS) is 11.8. The van der Waals surface area contributed by atoms with Crippen LogP contribution in [0.15, 0.2) is 22.7 Å². The summed E-state index contributed by atoms with van der Waals surface area (Å²) in [7, 11) is 0. The van der Waals surface area contributed by atoms with Gasteiger partial charge < -0.3 is 15.7 Å². The molecule has 20 heavy (non-hydrogen) atoms. The van der Waals surface area contributed by atoms with Crippen molar-refractivity contribution >= 4 is 45.4 Å². The summed E-state index contributed by atoms with van der Waals surface area (Å²) >= 11 is 4.95. The van der Waals surface area contributed by atoms with Gasteiger partial charge in [0.15, 0.2) is 0 Å². The monoisotopic (exact) mass is 360 g/mol. The molecule has 110 valence electrons. The Bertz CT molecular complexity index is 497. The molecule has 0 aliphatic heterocycles. The van der Waals surface area contributed by atoms with E-state index in [4.69, 9.17) is 5.11 Å². The Kier molecular flexibility index (Phi) is 6.87. The molecule has 0 aromatic heterocycles. The lowest BCUT2D eigenvalue weighted by Gasteiger charge is -2.12. The van der Waals surface area contributed by atoms with Gasteiger partial charge in [-0.2, -0.15) is 11.8 Å². The summed E-state index contributed by atoms with van der Waals surface area (Å²) in [6, 6.07) is 4.20. The minimum atomic E-state index is -1.04. The number of urea groups is 1. The van der Waals surface area contributed by atoms with Gasteiger partial charge in [-0.1, -0.05) is 22.9 Å². The van der Waals surface area contributed by atoms with E-state index < -0.39 is 5.97 Å². The van der Waals surface area contributed by atoms with E-state index in [2.05, 4.69) is 33.5 Å². The smallest absolute Gasteiger partial charge is 0.335 e. The first kappa shape index (κ1) is 16.8. The highest BCUT2D eigenvalue weighted by atomic mass is 79.9. The highest BCUT2D eigenvalue weighted by Crippen LogP contribution is 2.19. The number of carbonyl (C=O) groups is 2. The van der Waals surface area contributed by atoms with Crippen molar-refractivity contribution in [2.24, 2.45) is 5.92 Å². The van der Waals surface area contributed by atoms with Gasteiger partial charge in [-0.3, -0.25) is 0 Å². The van der Waals surface area contributed by atoms with Crippen LogP contribution < -0.4 is 10.6 Å². The average Bonchev–Trinajstić information content (AvgIpc) is 2.36. The first-order valence-electron chi connectivity index (χ1n) is 6.00. The zero-order chi connectivity index (χ0) is 15.1. The highest BCUT2D eigenvalue weighted by molar-refractivity contribution is 9.10. The lowest BCUT2D eigenvalue weighted by Crippen LogP contribution is -2.33. The van der Waals surface area contributed by atoms with Crippen molar-refractivity contribution in [2.45, 2.75) is 6.92 Å². The van der Waals surface area contributed by atoms with E-state index in [9.17, 15) is 9.59 Å². The molecular weight excluding hydrogens is 344 g/mol. The van der Waals surface area contributed by atoms with E-state index in [1.54, 1.807) is 17.8 Å². The van der Waals surface area contributed by atoms with Gasteiger partial charge in [0.2, 0.25) is 0 Å². The van der Waals surface area contributed by atoms with E-state index in [-0.39, 0.29) is 11.6 Å². The standard InChI is InChI=1S/C13H17BrN2O3S/c1-8(7-20-2)6-15-13(19)16-11-4-9(12(17)18)3-10(14)5-11/h3-5,8H,6-7H2,1-2H3,(H,17,18)(H2,15,16,19). The number of carbonyl (C=O) groups excluding carboxylic acids is 1. The predicted molar refractivity (Wildman–Crippen MR) is 85.7 cm³/mol. The van der Waals surface area contributed by atoms with Gasteiger partial charge in [-0.05, 0) is 36.1 Å². The van der Waals surface area contributed by atoms with Gasteiger partial charge in [0.05, 0.1) is 5.56 Å². The summed E-state index contributed by atoms with van der Waals surface area (Å²) in [5, 5.41) is 14.3. The second-order valence-corrected chi connectivity index (χ2v) is 6.26. The van der Waals surface area contributed by atoms with E-state index in [1.165, 1.54) is 12.1 Å². The number of aromatic carboxylic acids is 1. The largest absolute Gasteiger partial charge is 0.478 e. The number of amides is 2. The third kappa shape index (κ3) is 5.83. The summed E-state index contributed by atoms with van der Waals surface area (Å²) < 4.78 is 0.600. The van der Waals surface area contributed by atoms with Crippen LogP contribution in [-0.2, 0) is 0 Å². The molecule has 0 fully saturated rings. The number of rotatable bonds is 6. The summed E-state index contributed by atoms with van der Waals surface area (Å²) in [5.41, 5.74) is 0.553. The lowest BCUT2D eigenvalue weighted by atomic mass is 10.2. The number of benzene rings is 1. The number of hydrogen-bond donors (Lipinski definition) is 3. The number of thioether (sulfide) groups is 1. The maximum absolute atomic E-state index is 11.7. The summed E-state index contributed by atoms with van der Waals surface area (Å²) in [4.78, 5) is 22.6. The van der Waals surface area contributed by atoms with E-state index in [0.29, 0.717) is 22.6 Å². The second kappa shape index (κ2) is 8.16. The van der Waals surface area contributed by atoms with E-state index >= 15 is 0 Å². The van der Waals surface area contributed by atoms with Crippen molar-refractivity contribution < 1.29 is 14.7 Å². The van der Waals surface area contributed by atoms with Crippen molar-refractivity contribution in [2.75, 3.05) is 23.9 Å². The SMILES string of the molecule is CSCC(C)CNC(=O)Nc1cc(Br)cc(C(=O)O)c1. The fourth-order valence-electron chi connectivity index (χ4n) is 1.57. The predicted octanol–water partition coefficient (Wildman–Crippen LogP) is 3.27. The van der Waals surface area contributed by atoms with Gasteiger partial charge in [0.25, 0.3) is 0 Å². The number of carboxylic acid groups (broad SMARTS) is 1. The van der Waals surface area contributed by atoms with Crippen molar-refractivity contribution in [1.29, 1.82) is 0 Å². The molecule has 0 aliphatic rings. The Morgan fingerprint density at radius 2 is 2.10 bits per heavy atom. The van der Waals surface area contributed by atoms with Crippen molar-refractivity contribution in [3.8, 4) is 0 Å². The number of hydrogen-bond acceptors (Lipinski definition) is 3. The number of anilines is 1. The fraction of sp³-hybridized carbons (Fsp3) is 0.385. The molecule has 1 aromatic carbocycles. The van der Waals surface area contributed by atoms with Gasteiger partial charge in [-0.15, -0.1) is 0 Å². The van der Waals surface area contributed by atoms with Gasteiger partial charge >= 0.3 is 12.0 Å². The third-order valence-electron chi connectivity index (χ3n) is 2.46. The van der Waals surface area contributed by atoms with Crippen LogP contribution in [0.25, 0.3) is 0 Å². The molecule has 3 N–H and O–H groups in total. The molecule has 7 heteroatoms. The molecule has 1 rings (SSSR count). The Balaban J connectivity index is 2.59. The molecule has 0 bridgehead atoms. The zero-order valence-corrected chi connectivity index (χ0v) is 13.7. The second-order valence-electron chi connectivity index (χ2n) is 4.43. The Morgan fingerprint density at radius 1 is 1.40 bits per heavy atom. The number of halogens is 1. The lowest BCUT2D eigenvalue weighted by molar-refractivity contribution is 0.0697. The minimum Gasteiger partial charge on any atom is -0.478 e. The molecule has 0 spiro atoms. The maximum Gasteiger partial charge on any atom is 0.335 e. The Morgan fingerprint density at radius 3 is 2.70 bits per heavy atom. The molecule has 2 amide bonds. The quantitative estimate of drug-likeness (QED) is 0.727. The summed E-state index contributed by atoms with van der Waals surface area (Å²) in [6.45, 7) is 2.63. The van der Waals surface area contributed by atoms with Crippen molar-refractivity contribution in [3.05, 3.63) is 28.2 Å². The van der Waals surface area contributed by atoms with E-state index in [0.717, 1.165) is 5.75 Å². The zero-order valence-electron chi connectivity index (χ0n) is 11.3.